The van der Waals surface area contributed by atoms with Crippen LogP contribution in [-0.2, 0) is 6.54 Å². The molecular formula is C9H11ClFN. The lowest BCUT2D eigenvalue weighted by Gasteiger charge is -2.03. The fourth-order valence-electron chi connectivity index (χ4n) is 0.938. The molecule has 0 saturated heterocycles. The van der Waals surface area contributed by atoms with Crippen molar-refractivity contribution in [2.75, 3.05) is 6.54 Å². The Labute approximate surface area is 76.5 Å². The van der Waals surface area contributed by atoms with Crippen LogP contribution in [0.2, 0.25) is 5.02 Å². The summed E-state index contributed by atoms with van der Waals surface area (Å²) >= 11 is 5.83. The van der Waals surface area contributed by atoms with Gasteiger partial charge in [-0.05, 0) is 30.3 Å². The first kappa shape index (κ1) is 9.49. The Balaban J connectivity index is 2.75. The van der Waals surface area contributed by atoms with Crippen LogP contribution >= 0.6 is 11.6 Å². The van der Waals surface area contributed by atoms with Crippen molar-refractivity contribution in [2.24, 2.45) is 0 Å². The summed E-state index contributed by atoms with van der Waals surface area (Å²) in [6.45, 7) is 3.47. The van der Waals surface area contributed by atoms with Crippen molar-refractivity contribution in [3.63, 3.8) is 0 Å². The quantitative estimate of drug-likeness (QED) is 0.767. The SMILES string of the molecule is CCNCc1cc(F)ccc1Cl. The van der Waals surface area contributed by atoms with E-state index in [1.54, 1.807) is 6.07 Å². The third-order valence-corrected chi connectivity index (χ3v) is 1.94. The highest BCUT2D eigenvalue weighted by atomic mass is 35.5. The summed E-state index contributed by atoms with van der Waals surface area (Å²) in [5, 5.41) is 3.69. The van der Waals surface area contributed by atoms with Crippen LogP contribution in [0.4, 0.5) is 4.39 Å². The number of benzene rings is 1. The van der Waals surface area contributed by atoms with Crippen LogP contribution in [-0.4, -0.2) is 6.54 Å². The molecule has 0 aliphatic rings. The lowest BCUT2D eigenvalue weighted by atomic mass is 10.2. The third-order valence-electron chi connectivity index (χ3n) is 1.57. The Hall–Kier alpha value is -0.600. The van der Waals surface area contributed by atoms with Crippen molar-refractivity contribution in [1.29, 1.82) is 0 Å². The van der Waals surface area contributed by atoms with Gasteiger partial charge >= 0.3 is 0 Å². The van der Waals surface area contributed by atoms with Gasteiger partial charge in [0.1, 0.15) is 5.82 Å². The molecule has 0 aliphatic carbocycles. The summed E-state index contributed by atoms with van der Waals surface area (Å²) in [6.07, 6.45) is 0. The largest absolute Gasteiger partial charge is 0.313 e. The van der Waals surface area contributed by atoms with Gasteiger partial charge < -0.3 is 5.32 Å². The number of rotatable bonds is 3. The van der Waals surface area contributed by atoms with E-state index in [-0.39, 0.29) is 5.82 Å². The second kappa shape index (κ2) is 4.43. The minimum Gasteiger partial charge on any atom is -0.313 e. The number of halogens is 2. The first-order valence-electron chi connectivity index (χ1n) is 3.88. The van der Waals surface area contributed by atoms with Gasteiger partial charge in [0.15, 0.2) is 0 Å². The van der Waals surface area contributed by atoms with E-state index in [4.69, 9.17) is 11.6 Å². The van der Waals surface area contributed by atoms with Gasteiger partial charge in [-0.25, -0.2) is 4.39 Å². The van der Waals surface area contributed by atoms with Crippen LogP contribution in [0, 0.1) is 5.82 Å². The molecule has 0 aliphatic heterocycles. The van der Waals surface area contributed by atoms with Crippen LogP contribution in [0.25, 0.3) is 0 Å². The molecule has 1 N–H and O–H groups in total. The molecule has 1 aromatic carbocycles. The molecule has 0 aromatic heterocycles. The van der Waals surface area contributed by atoms with E-state index in [1.165, 1.54) is 12.1 Å². The Bertz CT molecular complexity index is 263. The highest BCUT2D eigenvalue weighted by Gasteiger charge is 2.00. The molecule has 0 heterocycles. The van der Waals surface area contributed by atoms with Gasteiger partial charge in [0, 0.05) is 11.6 Å². The van der Waals surface area contributed by atoms with E-state index in [1.807, 2.05) is 6.92 Å². The van der Waals surface area contributed by atoms with Crippen molar-refractivity contribution < 1.29 is 4.39 Å². The van der Waals surface area contributed by atoms with Crippen molar-refractivity contribution >= 4 is 11.6 Å². The molecule has 0 unspecified atom stereocenters. The molecular weight excluding hydrogens is 177 g/mol. The van der Waals surface area contributed by atoms with E-state index in [0.717, 1.165) is 12.1 Å². The average Bonchev–Trinajstić information content (AvgIpc) is 2.07. The van der Waals surface area contributed by atoms with E-state index in [2.05, 4.69) is 5.32 Å². The van der Waals surface area contributed by atoms with Crippen LogP contribution in [0.5, 0.6) is 0 Å². The van der Waals surface area contributed by atoms with Gasteiger partial charge in [-0.3, -0.25) is 0 Å². The summed E-state index contributed by atoms with van der Waals surface area (Å²) in [4.78, 5) is 0. The Morgan fingerprint density at radius 1 is 1.50 bits per heavy atom. The Morgan fingerprint density at radius 2 is 2.25 bits per heavy atom. The Morgan fingerprint density at radius 3 is 2.92 bits per heavy atom. The molecule has 0 bridgehead atoms. The standard InChI is InChI=1S/C9H11ClFN/c1-2-12-6-7-5-8(11)3-4-9(7)10/h3-5,12H,2,6H2,1H3. The summed E-state index contributed by atoms with van der Waals surface area (Å²) < 4.78 is 12.7. The zero-order valence-electron chi connectivity index (χ0n) is 6.90. The first-order chi connectivity index (χ1) is 5.74. The van der Waals surface area contributed by atoms with Gasteiger partial charge in [0.05, 0.1) is 0 Å². The number of nitrogens with one attached hydrogen (secondary N) is 1. The van der Waals surface area contributed by atoms with Crippen molar-refractivity contribution in [3.05, 3.63) is 34.6 Å². The molecule has 12 heavy (non-hydrogen) atoms. The van der Waals surface area contributed by atoms with Crippen LogP contribution in [0.1, 0.15) is 12.5 Å². The molecule has 0 atom stereocenters. The minimum absolute atomic E-state index is 0.243. The van der Waals surface area contributed by atoms with E-state index in [0.29, 0.717) is 11.6 Å². The smallest absolute Gasteiger partial charge is 0.123 e. The van der Waals surface area contributed by atoms with E-state index < -0.39 is 0 Å². The molecule has 1 rings (SSSR count). The molecule has 0 spiro atoms. The van der Waals surface area contributed by atoms with E-state index >= 15 is 0 Å². The van der Waals surface area contributed by atoms with Crippen molar-refractivity contribution in [1.82, 2.24) is 5.32 Å². The Kier molecular flexibility index (Phi) is 3.50. The average molecular weight is 188 g/mol. The third kappa shape index (κ3) is 2.47. The molecule has 66 valence electrons. The van der Waals surface area contributed by atoms with Gasteiger partial charge in [0.2, 0.25) is 0 Å². The molecule has 0 amide bonds. The fourth-order valence-corrected chi connectivity index (χ4v) is 1.12. The van der Waals surface area contributed by atoms with Crippen molar-refractivity contribution in [3.8, 4) is 0 Å². The lowest BCUT2D eigenvalue weighted by Crippen LogP contribution is -2.12. The van der Waals surface area contributed by atoms with Gasteiger partial charge in [0.25, 0.3) is 0 Å². The summed E-state index contributed by atoms with van der Waals surface area (Å²) in [5.74, 6) is -0.243. The zero-order chi connectivity index (χ0) is 8.97. The summed E-state index contributed by atoms with van der Waals surface area (Å²) in [6, 6.07) is 4.38. The molecule has 0 radical (unpaired) electrons. The monoisotopic (exact) mass is 187 g/mol. The molecule has 0 saturated carbocycles. The normalized spacial score (nSPS) is 10.2. The van der Waals surface area contributed by atoms with Crippen LogP contribution in [0.3, 0.4) is 0 Å². The van der Waals surface area contributed by atoms with Gasteiger partial charge in [-0.15, -0.1) is 0 Å². The predicted molar refractivity (Wildman–Crippen MR) is 48.8 cm³/mol. The molecule has 1 nitrogen and oxygen atoms in total. The molecule has 1 aromatic rings. The zero-order valence-corrected chi connectivity index (χ0v) is 7.66. The molecule has 3 heteroatoms. The topological polar surface area (TPSA) is 12.0 Å². The van der Waals surface area contributed by atoms with Gasteiger partial charge in [-0.1, -0.05) is 18.5 Å². The highest BCUT2D eigenvalue weighted by molar-refractivity contribution is 6.31. The predicted octanol–water partition coefficient (Wildman–Crippen LogP) is 2.59. The minimum atomic E-state index is -0.243. The van der Waals surface area contributed by atoms with Crippen LogP contribution in [0.15, 0.2) is 18.2 Å². The van der Waals surface area contributed by atoms with E-state index in [9.17, 15) is 4.39 Å². The second-order valence-electron chi connectivity index (χ2n) is 2.52. The fraction of sp³-hybridized carbons (Fsp3) is 0.333. The molecule has 0 fully saturated rings. The highest BCUT2D eigenvalue weighted by Crippen LogP contribution is 2.16. The van der Waals surface area contributed by atoms with Crippen LogP contribution < -0.4 is 5.32 Å². The summed E-state index contributed by atoms with van der Waals surface area (Å²) in [7, 11) is 0. The number of hydrogen-bond acceptors (Lipinski definition) is 1. The van der Waals surface area contributed by atoms with Gasteiger partial charge in [-0.2, -0.15) is 0 Å². The van der Waals surface area contributed by atoms with Crippen molar-refractivity contribution in [2.45, 2.75) is 13.5 Å². The lowest BCUT2D eigenvalue weighted by molar-refractivity contribution is 0.622. The summed E-state index contributed by atoms with van der Waals surface area (Å²) in [5.41, 5.74) is 0.804. The maximum atomic E-state index is 12.7. The first-order valence-corrected chi connectivity index (χ1v) is 4.26. The second-order valence-corrected chi connectivity index (χ2v) is 2.92. The maximum absolute atomic E-state index is 12.7. The number of hydrogen-bond donors (Lipinski definition) is 1. The maximum Gasteiger partial charge on any atom is 0.123 e.